The molecule has 0 fully saturated rings. The molecule has 2 aromatic carbocycles. The average molecular weight is 306 g/mol. The Hall–Kier alpha value is -1.94. The van der Waals surface area contributed by atoms with Crippen LogP contribution < -0.4 is 5.30 Å². The molecule has 0 aromatic heterocycles. The summed E-state index contributed by atoms with van der Waals surface area (Å²) in [5, 5.41) is 0.00675. The molecule has 0 aliphatic rings. The van der Waals surface area contributed by atoms with Gasteiger partial charge in [0, 0.05) is 0 Å². The predicted molar refractivity (Wildman–Crippen MR) is 78.7 cm³/mol. The number of methoxy groups -OCH3 is 1. The van der Waals surface area contributed by atoms with Crippen molar-refractivity contribution in [2.45, 2.75) is 6.42 Å². The predicted octanol–water partition coefficient (Wildman–Crippen LogP) is 1.87. The Morgan fingerprint density at radius 3 is 1.90 bits per heavy atom. The van der Waals surface area contributed by atoms with Gasteiger partial charge in [-0.1, -0.05) is 24.3 Å². The van der Waals surface area contributed by atoms with Crippen LogP contribution >= 0.6 is 7.60 Å². The summed E-state index contributed by atoms with van der Waals surface area (Å²) in [5.74, 6) is -0.382. The van der Waals surface area contributed by atoms with Crippen molar-refractivity contribution in [3.05, 3.63) is 65.2 Å². The van der Waals surface area contributed by atoms with Gasteiger partial charge in [-0.2, -0.15) is 0 Å². The molecule has 0 aliphatic carbocycles. The number of hydrogen-bond acceptors (Lipinski definition) is 3. The highest BCUT2D eigenvalue weighted by atomic mass is 31.2. The van der Waals surface area contributed by atoms with E-state index in [1.54, 1.807) is 24.3 Å². The van der Waals surface area contributed by atoms with Crippen molar-refractivity contribution in [1.29, 1.82) is 0 Å². The van der Waals surface area contributed by atoms with Crippen LogP contribution in [0.15, 0.2) is 48.5 Å². The van der Waals surface area contributed by atoms with Crippen LogP contribution in [0.2, 0.25) is 0 Å². The van der Waals surface area contributed by atoms with Crippen LogP contribution in [0, 0.1) is 0 Å². The normalized spacial score (nSPS) is 11.2. The third kappa shape index (κ3) is 4.02. The van der Waals surface area contributed by atoms with Crippen LogP contribution in [0.3, 0.4) is 0 Å². The van der Waals surface area contributed by atoms with E-state index in [1.165, 1.54) is 19.2 Å². The Bertz CT molecular complexity index is 670. The first kappa shape index (κ1) is 15.4. The van der Waals surface area contributed by atoms with Crippen LogP contribution in [0.4, 0.5) is 0 Å². The first-order valence-electron chi connectivity index (χ1n) is 6.22. The SMILES string of the molecule is COC(=O)c1ccc(Cc2ccc(P(=O)(O)O)cc2)cc1. The van der Waals surface area contributed by atoms with Gasteiger partial charge in [0.25, 0.3) is 0 Å². The fourth-order valence-electron chi connectivity index (χ4n) is 1.92. The van der Waals surface area contributed by atoms with Gasteiger partial charge in [-0.3, -0.25) is 4.57 Å². The lowest BCUT2D eigenvalue weighted by molar-refractivity contribution is 0.0600. The standard InChI is InChI=1S/C15H15O5P/c1-20-15(16)13-6-2-11(3-7-13)10-12-4-8-14(9-5-12)21(17,18)19/h2-9H,10H2,1H3,(H2,17,18,19). The van der Waals surface area contributed by atoms with Crippen molar-refractivity contribution < 1.29 is 23.9 Å². The number of esters is 1. The molecule has 0 spiro atoms. The molecule has 2 rings (SSSR count). The smallest absolute Gasteiger partial charge is 0.356 e. The zero-order chi connectivity index (χ0) is 15.5. The Kier molecular flexibility index (Phi) is 4.58. The van der Waals surface area contributed by atoms with Crippen molar-refractivity contribution in [3.63, 3.8) is 0 Å². The van der Waals surface area contributed by atoms with E-state index in [2.05, 4.69) is 4.74 Å². The molecule has 0 atom stereocenters. The summed E-state index contributed by atoms with van der Waals surface area (Å²) in [6.07, 6.45) is 0.614. The lowest BCUT2D eigenvalue weighted by Gasteiger charge is -2.06. The van der Waals surface area contributed by atoms with E-state index in [1.807, 2.05) is 12.1 Å². The van der Waals surface area contributed by atoms with Crippen molar-refractivity contribution in [3.8, 4) is 0 Å². The van der Waals surface area contributed by atoms with Crippen LogP contribution in [0.25, 0.3) is 0 Å². The highest BCUT2D eigenvalue weighted by Gasteiger charge is 2.16. The van der Waals surface area contributed by atoms with Crippen LogP contribution in [-0.4, -0.2) is 22.9 Å². The Labute approximate surface area is 122 Å². The van der Waals surface area contributed by atoms with Crippen molar-refractivity contribution in [2.75, 3.05) is 7.11 Å². The van der Waals surface area contributed by atoms with Gasteiger partial charge in [-0.15, -0.1) is 0 Å². The maximum atomic E-state index is 11.3. The van der Waals surface area contributed by atoms with E-state index < -0.39 is 7.60 Å². The molecule has 2 N–H and O–H groups in total. The number of carbonyl (C=O) groups excluding carboxylic acids is 1. The monoisotopic (exact) mass is 306 g/mol. The largest absolute Gasteiger partial charge is 0.465 e. The van der Waals surface area contributed by atoms with Gasteiger partial charge < -0.3 is 14.5 Å². The Morgan fingerprint density at radius 2 is 1.48 bits per heavy atom. The van der Waals surface area contributed by atoms with E-state index in [9.17, 15) is 9.36 Å². The number of ether oxygens (including phenoxy) is 1. The molecule has 0 saturated carbocycles. The first-order valence-corrected chi connectivity index (χ1v) is 7.83. The molecule has 0 heterocycles. The lowest BCUT2D eigenvalue weighted by Crippen LogP contribution is -2.03. The van der Waals surface area contributed by atoms with Crippen molar-refractivity contribution in [1.82, 2.24) is 0 Å². The minimum atomic E-state index is -4.19. The lowest BCUT2D eigenvalue weighted by atomic mass is 10.0. The van der Waals surface area contributed by atoms with Crippen LogP contribution in [0.5, 0.6) is 0 Å². The molecule has 21 heavy (non-hydrogen) atoms. The molecule has 6 heteroatoms. The highest BCUT2D eigenvalue weighted by molar-refractivity contribution is 7.60. The molecule has 0 amide bonds. The number of benzene rings is 2. The second kappa shape index (κ2) is 6.22. The summed E-state index contributed by atoms with van der Waals surface area (Å²) < 4.78 is 15.7. The number of carbonyl (C=O) groups is 1. The van der Waals surface area contributed by atoms with Crippen LogP contribution in [0.1, 0.15) is 21.5 Å². The van der Waals surface area contributed by atoms with Gasteiger partial charge >= 0.3 is 13.6 Å². The van der Waals surface area contributed by atoms with Crippen LogP contribution in [-0.2, 0) is 15.7 Å². The number of rotatable bonds is 4. The van der Waals surface area contributed by atoms with E-state index in [-0.39, 0.29) is 11.3 Å². The minimum absolute atomic E-state index is 0.00675. The first-order chi connectivity index (χ1) is 9.90. The quantitative estimate of drug-likeness (QED) is 0.665. The Balaban J connectivity index is 2.11. The molecule has 0 unspecified atom stereocenters. The van der Waals surface area contributed by atoms with E-state index in [4.69, 9.17) is 9.79 Å². The summed E-state index contributed by atoms with van der Waals surface area (Å²) in [6.45, 7) is 0. The molecule has 5 nitrogen and oxygen atoms in total. The van der Waals surface area contributed by atoms with Gasteiger partial charge in [0.1, 0.15) is 0 Å². The fraction of sp³-hybridized carbons (Fsp3) is 0.133. The summed E-state index contributed by atoms with van der Waals surface area (Å²) in [6, 6.07) is 13.2. The molecule has 2 aromatic rings. The fourth-order valence-corrected chi connectivity index (χ4v) is 2.46. The summed E-state index contributed by atoms with van der Waals surface area (Å²) in [5.41, 5.74) is 2.41. The zero-order valence-electron chi connectivity index (χ0n) is 11.4. The third-order valence-corrected chi connectivity index (χ3v) is 4.03. The third-order valence-electron chi connectivity index (χ3n) is 3.06. The van der Waals surface area contributed by atoms with Gasteiger partial charge in [-0.25, -0.2) is 4.79 Å². The zero-order valence-corrected chi connectivity index (χ0v) is 12.3. The molecular formula is C15H15O5P. The number of hydrogen-bond donors (Lipinski definition) is 2. The van der Waals surface area contributed by atoms with Gasteiger partial charge in [0.15, 0.2) is 0 Å². The van der Waals surface area contributed by atoms with Gasteiger partial charge in [0.2, 0.25) is 0 Å². The Morgan fingerprint density at radius 1 is 1.00 bits per heavy atom. The molecule has 0 saturated heterocycles. The molecule has 110 valence electrons. The second-order valence-electron chi connectivity index (χ2n) is 4.58. The summed E-state index contributed by atoms with van der Waals surface area (Å²) in [4.78, 5) is 29.4. The topological polar surface area (TPSA) is 83.8 Å². The van der Waals surface area contributed by atoms with Gasteiger partial charge in [0.05, 0.1) is 18.0 Å². The molecular weight excluding hydrogens is 291 g/mol. The maximum Gasteiger partial charge on any atom is 0.356 e. The van der Waals surface area contributed by atoms with Gasteiger partial charge in [-0.05, 0) is 41.8 Å². The average Bonchev–Trinajstić information content (AvgIpc) is 2.47. The maximum absolute atomic E-state index is 11.3. The van der Waals surface area contributed by atoms with E-state index in [0.29, 0.717) is 12.0 Å². The van der Waals surface area contributed by atoms with Crippen molar-refractivity contribution in [2.24, 2.45) is 0 Å². The highest BCUT2D eigenvalue weighted by Crippen LogP contribution is 2.32. The minimum Gasteiger partial charge on any atom is -0.465 e. The molecule has 0 aliphatic heterocycles. The summed E-state index contributed by atoms with van der Waals surface area (Å²) >= 11 is 0. The molecule has 0 bridgehead atoms. The van der Waals surface area contributed by atoms with Crippen molar-refractivity contribution >= 4 is 18.9 Å². The summed E-state index contributed by atoms with van der Waals surface area (Å²) in [7, 11) is -2.86. The molecule has 0 radical (unpaired) electrons. The van der Waals surface area contributed by atoms with E-state index in [0.717, 1.165) is 11.1 Å². The second-order valence-corrected chi connectivity index (χ2v) is 6.18. The van der Waals surface area contributed by atoms with E-state index >= 15 is 0 Å².